The zero-order chi connectivity index (χ0) is 24.8. The Balaban J connectivity index is 1.53. The number of hydrogen-bond acceptors (Lipinski definition) is 4. The van der Waals surface area contributed by atoms with Crippen molar-refractivity contribution in [1.29, 1.82) is 0 Å². The molecule has 0 aliphatic carbocycles. The first-order valence-corrected chi connectivity index (χ1v) is 11.2. The minimum atomic E-state index is -1.67. The number of aliphatic hydroxyl groups is 1. The van der Waals surface area contributed by atoms with Gasteiger partial charge in [0.05, 0.1) is 6.04 Å². The van der Waals surface area contributed by atoms with Crippen LogP contribution in [0.15, 0.2) is 91.1 Å². The van der Waals surface area contributed by atoms with Crippen LogP contribution in [0, 0.1) is 0 Å². The molecule has 3 amide bonds. The molecule has 6 N–H and O–H groups in total. The van der Waals surface area contributed by atoms with Gasteiger partial charge in [0.15, 0.2) is 6.10 Å². The molecule has 3 aromatic carbocycles. The number of H-pyrrole nitrogens is 1. The molecule has 0 aliphatic rings. The predicted molar refractivity (Wildman–Crippen MR) is 132 cm³/mol. The molecule has 1 aromatic heterocycles. The van der Waals surface area contributed by atoms with E-state index >= 15 is 0 Å². The monoisotopic (exact) mass is 470 g/mol. The number of aromatic amines is 1. The highest BCUT2D eigenvalue weighted by Crippen LogP contribution is 2.21. The van der Waals surface area contributed by atoms with E-state index in [1.54, 1.807) is 66.9 Å². The number of aliphatic hydroxyl groups excluding tert-OH is 1. The molecule has 0 fully saturated rings. The van der Waals surface area contributed by atoms with Gasteiger partial charge in [-0.25, -0.2) is 0 Å². The van der Waals surface area contributed by atoms with Crippen LogP contribution in [-0.4, -0.2) is 40.0 Å². The van der Waals surface area contributed by atoms with Gasteiger partial charge < -0.3 is 26.5 Å². The molecule has 0 radical (unpaired) electrons. The van der Waals surface area contributed by atoms with Crippen LogP contribution in [0.5, 0.6) is 0 Å². The number of hydrogen-bond donors (Lipinski definition) is 5. The second kappa shape index (κ2) is 10.7. The number of nitrogens with two attached hydrogens (primary N) is 1. The van der Waals surface area contributed by atoms with Crippen LogP contribution >= 0.6 is 0 Å². The van der Waals surface area contributed by atoms with E-state index in [-0.39, 0.29) is 6.42 Å². The van der Waals surface area contributed by atoms with E-state index < -0.39 is 35.9 Å². The molecule has 8 heteroatoms. The first kappa shape index (κ1) is 23.7. The second-order valence-corrected chi connectivity index (χ2v) is 8.20. The Morgan fingerprint density at radius 3 is 2.17 bits per heavy atom. The van der Waals surface area contributed by atoms with Gasteiger partial charge in [0.2, 0.25) is 5.91 Å². The van der Waals surface area contributed by atoms with Crippen LogP contribution in [0.25, 0.3) is 10.9 Å². The summed E-state index contributed by atoms with van der Waals surface area (Å²) in [4.78, 5) is 41.1. The van der Waals surface area contributed by atoms with E-state index in [1.807, 2.05) is 24.3 Å². The highest BCUT2D eigenvalue weighted by atomic mass is 16.3. The second-order valence-electron chi connectivity index (χ2n) is 8.20. The number of amides is 3. The molecule has 1 heterocycles. The van der Waals surface area contributed by atoms with Gasteiger partial charge in [-0.3, -0.25) is 14.4 Å². The number of carbonyl (C=O) groups excluding carboxylic acids is 3. The van der Waals surface area contributed by atoms with Crippen LogP contribution in [0.3, 0.4) is 0 Å². The molecular formula is C27H26N4O4. The molecule has 35 heavy (non-hydrogen) atoms. The fourth-order valence-electron chi connectivity index (χ4n) is 3.97. The summed E-state index contributed by atoms with van der Waals surface area (Å²) in [6.07, 6.45) is 0.232. The Hall–Kier alpha value is -4.43. The Kier molecular flexibility index (Phi) is 7.23. The first-order valence-electron chi connectivity index (χ1n) is 11.2. The van der Waals surface area contributed by atoms with Gasteiger partial charge in [-0.1, -0.05) is 66.7 Å². The number of benzene rings is 3. The van der Waals surface area contributed by atoms with E-state index in [9.17, 15) is 19.5 Å². The maximum absolute atomic E-state index is 13.1. The Morgan fingerprint density at radius 2 is 1.49 bits per heavy atom. The molecule has 0 aliphatic heterocycles. The predicted octanol–water partition coefficient (Wildman–Crippen LogP) is 2.21. The van der Waals surface area contributed by atoms with Crippen molar-refractivity contribution in [2.24, 2.45) is 5.73 Å². The summed E-state index contributed by atoms with van der Waals surface area (Å²) < 4.78 is 0. The van der Waals surface area contributed by atoms with Gasteiger partial charge in [-0.15, -0.1) is 0 Å². The van der Waals surface area contributed by atoms with Crippen LogP contribution in [-0.2, 0) is 16.0 Å². The quantitative estimate of drug-likeness (QED) is 0.256. The maximum atomic E-state index is 13.1. The fraction of sp³-hybridized carbons (Fsp3) is 0.148. The van der Waals surface area contributed by atoms with Gasteiger partial charge >= 0.3 is 0 Å². The van der Waals surface area contributed by atoms with Gasteiger partial charge in [0, 0.05) is 29.1 Å². The molecule has 0 saturated heterocycles. The summed E-state index contributed by atoms with van der Waals surface area (Å²) in [6, 6.07) is 22.6. The van der Waals surface area contributed by atoms with Crippen LogP contribution in [0.1, 0.15) is 27.5 Å². The number of aromatic nitrogens is 1. The zero-order valence-corrected chi connectivity index (χ0v) is 18.8. The van der Waals surface area contributed by atoms with Crippen molar-refractivity contribution in [2.45, 2.75) is 24.6 Å². The van der Waals surface area contributed by atoms with Crippen molar-refractivity contribution in [3.05, 3.63) is 108 Å². The van der Waals surface area contributed by atoms with E-state index in [2.05, 4.69) is 15.6 Å². The summed E-state index contributed by atoms with van der Waals surface area (Å²) >= 11 is 0. The van der Waals surface area contributed by atoms with Crippen molar-refractivity contribution in [3.63, 3.8) is 0 Å². The van der Waals surface area contributed by atoms with E-state index in [1.165, 1.54) is 0 Å². The number of para-hydroxylation sites is 1. The Morgan fingerprint density at radius 1 is 0.857 bits per heavy atom. The third-order valence-electron chi connectivity index (χ3n) is 5.82. The minimum Gasteiger partial charge on any atom is -0.381 e. The van der Waals surface area contributed by atoms with E-state index in [0.717, 1.165) is 16.5 Å². The largest absolute Gasteiger partial charge is 0.381 e. The molecule has 8 nitrogen and oxygen atoms in total. The Labute approximate surface area is 202 Å². The van der Waals surface area contributed by atoms with Crippen LogP contribution in [0.4, 0.5) is 0 Å². The Bertz CT molecular complexity index is 1320. The SMILES string of the molecule is NC(=O)[C@H](Cc1c[nH]c2ccccc12)NC(=O)[C@H](O)[C@@H](NC(=O)c1ccccc1)c1ccccc1. The molecule has 178 valence electrons. The first-order chi connectivity index (χ1) is 16.9. The average Bonchev–Trinajstić information content (AvgIpc) is 3.30. The lowest BCUT2D eigenvalue weighted by Crippen LogP contribution is -2.52. The smallest absolute Gasteiger partial charge is 0.252 e. The van der Waals surface area contributed by atoms with Crippen LogP contribution in [0.2, 0.25) is 0 Å². The van der Waals surface area contributed by atoms with E-state index in [4.69, 9.17) is 5.73 Å². The van der Waals surface area contributed by atoms with Gasteiger partial charge in [-0.2, -0.15) is 0 Å². The van der Waals surface area contributed by atoms with Gasteiger partial charge in [0.1, 0.15) is 6.04 Å². The number of rotatable bonds is 9. The summed E-state index contributed by atoms with van der Waals surface area (Å²) in [5.74, 6) is -2.01. The summed E-state index contributed by atoms with van der Waals surface area (Å²) in [7, 11) is 0. The lowest BCUT2D eigenvalue weighted by atomic mass is 9.99. The molecule has 0 spiro atoms. The zero-order valence-electron chi connectivity index (χ0n) is 18.8. The molecular weight excluding hydrogens is 444 g/mol. The normalized spacial score (nSPS) is 13.5. The highest BCUT2D eigenvalue weighted by molar-refractivity contribution is 5.95. The van der Waals surface area contributed by atoms with Gasteiger partial charge in [0.25, 0.3) is 11.8 Å². The molecule has 0 saturated carbocycles. The molecule has 4 aromatic rings. The lowest BCUT2D eigenvalue weighted by Gasteiger charge is -2.25. The van der Waals surface area contributed by atoms with Crippen LogP contribution < -0.4 is 16.4 Å². The highest BCUT2D eigenvalue weighted by Gasteiger charge is 2.32. The summed E-state index contributed by atoms with van der Waals surface area (Å²) in [5, 5.41) is 17.2. The maximum Gasteiger partial charge on any atom is 0.252 e. The number of nitrogens with one attached hydrogen (secondary N) is 3. The summed E-state index contributed by atoms with van der Waals surface area (Å²) in [6.45, 7) is 0. The molecule has 0 bridgehead atoms. The average molecular weight is 471 g/mol. The molecule has 0 unspecified atom stereocenters. The standard InChI is InChI=1S/C27H26N4O4/c28-25(33)22(15-19-16-29-21-14-8-7-13-20(19)21)30-27(35)24(32)23(17-9-3-1-4-10-17)31-26(34)18-11-5-2-6-12-18/h1-14,16,22-24,29,32H,15H2,(H2,28,33)(H,30,35)(H,31,34)/t22-,23-,24+/m0/s1. The topological polar surface area (TPSA) is 137 Å². The van der Waals surface area contributed by atoms with Crippen molar-refractivity contribution < 1.29 is 19.5 Å². The molecule has 4 rings (SSSR count). The summed E-state index contributed by atoms with van der Waals surface area (Å²) in [5.41, 5.74) is 8.19. The van der Waals surface area contributed by atoms with Crippen molar-refractivity contribution >= 4 is 28.6 Å². The van der Waals surface area contributed by atoms with Gasteiger partial charge in [-0.05, 0) is 29.3 Å². The van der Waals surface area contributed by atoms with Crippen molar-refractivity contribution in [2.75, 3.05) is 0 Å². The van der Waals surface area contributed by atoms with E-state index in [0.29, 0.717) is 11.1 Å². The third kappa shape index (κ3) is 5.56. The molecule has 3 atom stereocenters. The lowest BCUT2D eigenvalue weighted by molar-refractivity contribution is -0.134. The van der Waals surface area contributed by atoms with Crippen molar-refractivity contribution in [3.8, 4) is 0 Å². The third-order valence-corrected chi connectivity index (χ3v) is 5.82. The number of carbonyl (C=O) groups is 3. The van der Waals surface area contributed by atoms with Crippen molar-refractivity contribution in [1.82, 2.24) is 15.6 Å². The fourth-order valence-corrected chi connectivity index (χ4v) is 3.97. The number of fused-ring (bicyclic) bond motifs is 1. The minimum absolute atomic E-state index is 0.143. The number of primary amides is 1.